The number of rotatable bonds is 4. The second-order valence-electron chi connectivity index (χ2n) is 4.50. The molecule has 0 heterocycles. The van der Waals surface area contributed by atoms with Gasteiger partial charge in [0, 0.05) is 9.30 Å². The van der Waals surface area contributed by atoms with E-state index in [-0.39, 0.29) is 0 Å². The zero-order valence-corrected chi connectivity index (χ0v) is 14.2. The van der Waals surface area contributed by atoms with Crippen LogP contribution in [0.15, 0.2) is 46.9 Å². The molecule has 0 aliphatic carbocycles. The van der Waals surface area contributed by atoms with Crippen LogP contribution in [0.2, 0.25) is 0 Å². The third kappa shape index (κ3) is 3.61. The fourth-order valence-corrected chi connectivity index (χ4v) is 3.59. The summed E-state index contributed by atoms with van der Waals surface area (Å²) in [6, 6.07) is 14.6. The van der Waals surface area contributed by atoms with E-state index in [1.165, 1.54) is 21.2 Å². The van der Waals surface area contributed by atoms with E-state index in [4.69, 9.17) is 4.74 Å². The summed E-state index contributed by atoms with van der Waals surface area (Å²) in [7, 11) is 1.69. The number of aryl methyl sites for hydroxylation is 1. The molecule has 2 aromatic rings. The van der Waals surface area contributed by atoms with Crippen molar-refractivity contribution in [2.24, 2.45) is 0 Å². The third-order valence-electron chi connectivity index (χ3n) is 3.13. The molecular formula is C16H16Br2O. The molecule has 2 rings (SSSR count). The topological polar surface area (TPSA) is 9.23 Å². The largest absolute Gasteiger partial charge is 0.497 e. The van der Waals surface area contributed by atoms with Gasteiger partial charge in [-0.25, -0.2) is 0 Å². The minimum absolute atomic E-state index is 0.301. The Bertz CT molecular complexity index is 549. The third-order valence-corrected chi connectivity index (χ3v) is 5.03. The molecule has 0 radical (unpaired) electrons. The van der Waals surface area contributed by atoms with E-state index in [2.05, 4.69) is 69.1 Å². The summed E-state index contributed by atoms with van der Waals surface area (Å²) in [5, 5.41) is 0. The van der Waals surface area contributed by atoms with Gasteiger partial charge in [-0.1, -0.05) is 62.2 Å². The van der Waals surface area contributed by atoms with E-state index in [1.54, 1.807) is 7.11 Å². The van der Waals surface area contributed by atoms with Gasteiger partial charge in [-0.05, 0) is 42.2 Å². The van der Waals surface area contributed by atoms with E-state index in [0.717, 1.165) is 12.2 Å². The van der Waals surface area contributed by atoms with Crippen molar-refractivity contribution in [3.8, 4) is 5.75 Å². The molecule has 2 aromatic carbocycles. The summed E-state index contributed by atoms with van der Waals surface area (Å²) in [6.07, 6.45) is 0.950. The normalized spacial score (nSPS) is 12.2. The summed E-state index contributed by atoms with van der Waals surface area (Å²) in [6.45, 7) is 2.11. The molecule has 1 atom stereocenters. The first kappa shape index (κ1) is 14.6. The Morgan fingerprint density at radius 2 is 1.79 bits per heavy atom. The van der Waals surface area contributed by atoms with Gasteiger partial charge in [-0.2, -0.15) is 0 Å². The highest BCUT2D eigenvalue weighted by atomic mass is 79.9. The maximum atomic E-state index is 5.17. The Balaban J connectivity index is 2.15. The number of halogens is 2. The molecule has 0 aromatic heterocycles. The molecule has 0 spiro atoms. The maximum absolute atomic E-state index is 5.17. The second-order valence-corrected chi connectivity index (χ2v) is 6.40. The molecule has 0 aliphatic rings. The number of hydrogen-bond donors (Lipinski definition) is 0. The van der Waals surface area contributed by atoms with Crippen LogP contribution in [0.25, 0.3) is 0 Å². The van der Waals surface area contributed by atoms with Gasteiger partial charge in [-0.3, -0.25) is 0 Å². The summed E-state index contributed by atoms with van der Waals surface area (Å²) < 4.78 is 6.36. The first-order chi connectivity index (χ1) is 9.11. The van der Waals surface area contributed by atoms with Gasteiger partial charge < -0.3 is 4.74 Å². The van der Waals surface area contributed by atoms with E-state index < -0.39 is 0 Å². The molecule has 0 fully saturated rings. The van der Waals surface area contributed by atoms with Gasteiger partial charge in [0.1, 0.15) is 5.75 Å². The smallest absolute Gasteiger partial charge is 0.118 e. The SMILES string of the molecule is COc1ccc(CC(Br)c2cccc(C)c2Br)cc1. The lowest BCUT2D eigenvalue weighted by Gasteiger charge is -2.14. The van der Waals surface area contributed by atoms with E-state index in [0.29, 0.717) is 4.83 Å². The van der Waals surface area contributed by atoms with Crippen LogP contribution in [0.1, 0.15) is 21.5 Å². The van der Waals surface area contributed by atoms with Gasteiger partial charge in [0.2, 0.25) is 0 Å². The standard InChI is InChI=1S/C16H16Br2O/c1-11-4-3-5-14(16(11)18)15(17)10-12-6-8-13(19-2)9-7-12/h3-9,15H,10H2,1-2H3. The first-order valence-electron chi connectivity index (χ1n) is 6.14. The molecular weight excluding hydrogens is 368 g/mol. The molecule has 0 saturated heterocycles. The predicted octanol–water partition coefficient (Wildman–Crippen LogP) is 5.44. The van der Waals surface area contributed by atoms with Gasteiger partial charge in [0.15, 0.2) is 0 Å². The van der Waals surface area contributed by atoms with Crippen LogP contribution in [0.3, 0.4) is 0 Å². The summed E-state index contributed by atoms with van der Waals surface area (Å²) in [5.74, 6) is 0.895. The Kier molecular flexibility index (Phi) is 5.06. The van der Waals surface area contributed by atoms with Crippen molar-refractivity contribution >= 4 is 31.9 Å². The van der Waals surface area contributed by atoms with Crippen LogP contribution in [0.4, 0.5) is 0 Å². The van der Waals surface area contributed by atoms with Crippen LogP contribution in [-0.2, 0) is 6.42 Å². The van der Waals surface area contributed by atoms with Crippen LogP contribution >= 0.6 is 31.9 Å². The molecule has 0 N–H and O–H groups in total. The van der Waals surface area contributed by atoms with E-state index in [9.17, 15) is 0 Å². The Labute approximate surface area is 131 Å². The van der Waals surface area contributed by atoms with Gasteiger partial charge in [0.05, 0.1) is 7.11 Å². The molecule has 0 bridgehead atoms. The van der Waals surface area contributed by atoms with Crippen LogP contribution < -0.4 is 4.74 Å². The van der Waals surface area contributed by atoms with Crippen LogP contribution in [-0.4, -0.2) is 7.11 Å². The molecule has 100 valence electrons. The quantitative estimate of drug-likeness (QED) is 0.638. The highest BCUT2D eigenvalue weighted by Crippen LogP contribution is 2.34. The summed E-state index contributed by atoms with van der Waals surface area (Å²) >= 11 is 7.45. The maximum Gasteiger partial charge on any atom is 0.118 e. The number of methoxy groups -OCH3 is 1. The number of benzene rings is 2. The number of hydrogen-bond acceptors (Lipinski definition) is 1. The lowest BCUT2D eigenvalue weighted by Crippen LogP contribution is -1.97. The zero-order chi connectivity index (χ0) is 13.8. The highest BCUT2D eigenvalue weighted by molar-refractivity contribution is 9.11. The van der Waals surface area contributed by atoms with Crippen molar-refractivity contribution in [1.29, 1.82) is 0 Å². The Hall–Kier alpha value is -0.800. The van der Waals surface area contributed by atoms with Crippen molar-refractivity contribution in [2.75, 3.05) is 7.11 Å². The monoisotopic (exact) mass is 382 g/mol. The summed E-state index contributed by atoms with van der Waals surface area (Å²) in [5.41, 5.74) is 3.84. The van der Waals surface area contributed by atoms with Crippen molar-refractivity contribution in [1.82, 2.24) is 0 Å². The number of alkyl halides is 1. The fraction of sp³-hybridized carbons (Fsp3) is 0.250. The minimum Gasteiger partial charge on any atom is -0.497 e. The number of ether oxygens (including phenoxy) is 1. The van der Waals surface area contributed by atoms with Crippen molar-refractivity contribution in [3.63, 3.8) is 0 Å². The molecule has 0 amide bonds. The second kappa shape index (κ2) is 6.58. The van der Waals surface area contributed by atoms with Crippen molar-refractivity contribution < 1.29 is 4.74 Å². The molecule has 0 saturated carbocycles. The van der Waals surface area contributed by atoms with Gasteiger partial charge in [-0.15, -0.1) is 0 Å². The van der Waals surface area contributed by atoms with Gasteiger partial charge in [0.25, 0.3) is 0 Å². The highest BCUT2D eigenvalue weighted by Gasteiger charge is 2.13. The van der Waals surface area contributed by atoms with E-state index in [1.807, 2.05) is 12.1 Å². The molecule has 3 heteroatoms. The summed E-state index contributed by atoms with van der Waals surface area (Å²) in [4.78, 5) is 0.301. The van der Waals surface area contributed by atoms with Crippen molar-refractivity contribution in [2.45, 2.75) is 18.2 Å². The fourth-order valence-electron chi connectivity index (χ4n) is 1.99. The first-order valence-corrected chi connectivity index (χ1v) is 7.84. The Morgan fingerprint density at radius 1 is 1.11 bits per heavy atom. The van der Waals surface area contributed by atoms with E-state index >= 15 is 0 Å². The lowest BCUT2D eigenvalue weighted by molar-refractivity contribution is 0.414. The average Bonchev–Trinajstić information content (AvgIpc) is 2.42. The minimum atomic E-state index is 0.301. The van der Waals surface area contributed by atoms with Crippen LogP contribution in [0.5, 0.6) is 5.75 Å². The lowest BCUT2D eigenvalue weighted by atomic mass is 10.0. The van der Waals surface area contributed by atoms with Crippen molar-refractivity contribution in [3.05, 3.63) is 63.6 Å². The molecule has 1 unspecified atom stereocenters. The average molecular weight is 384 g/mol. The molecule has 19 heavy (non-hydrogen) atoms. The predicted molar refractivity (Wildman–Crippen MR) is 87.2 cm³/mol. The van der Waals surface area contributed by atoms with Gasteiger partial charge >= 0.3 is 0 Å². The zero-order valence-electron chi connectivity index (χ0n) is 11.0. The Morgan fingerprint density at radius 3 is 2.42 bits per heavy atom. The van der Waals surface area contributed by atoms with Crippen LogP contribution in [0, 0.1) is 6.92 Å². The molecule has 1 nitrogen and oxygen atoms in total. The molecule has 0 aliphatic heterocycles.